The molecular formula is C20H13Cl2F2N3OS. The average Bonchev–Trinajstić information content (AvgIpc) is 3.10. The molecule has 0 spiro atoms. The standard InChI is InChI=1S/C20H13Cl2F2N3OS/c21-13-5-1-3-10(18(13)22)7-11-8-16-25-15(9-17(28)27(16)26-11)20(29)12-4-2-6-14(23)19(12)24/h1-6,8-9,20,26,29H,7H2. The van der Waals surface area contributed by atoms with Crippen LogP contribution < -0.4 is 5.56 Å². The van der Waals surface area contributed by atoms with Crippen LogP contribution in [0.25, 0.3) is 5.65 Å². The topological polar surface area (TPSA) is 50.2 Å². The first kappa shape index (κ1) is 19.9. The Morgan fingerprint density at radius 2 is 1.90 bits per heavy atom. The number of rotatable bonds is 4. The van der Waals surface area contributed by atoms with E-state index >= 15 is 0 Å². The second kappa shape index (κ2) is 7.82. The van der Waals surface area contributed by atoms with Crippen LogP contribution in [0.1, 0.15) is 27.8 Å². The van der Waals surface area contributed by atoms with Gasteiger partial charge in [-0.05, 0) is 17.7 Å². The summed E-state index contributed by atoms with van der Waals surface area (Å²) in [5, 5.41) is 2.94. The summed E-state index contributed by atoms with van der Waals surface area (Å²) in [4.78, 5) is 16.9. The predicted octanol–water partition coefficient (Wildman–Crippen LogP) is 5.22. The first-order valence-corrected chi connectivity index (χ1v) is 9.79. The van der Waals surface area contributed by atoms with Gasteiger partial charge in [0, 0.05) is 29.8 Å². The third-order valence-electron chi connectivity index (χ3n) is 4.49. The zero-order valence-electron chi connectivity index (χ0n) is 14.7. The Hall–Kier alpha value is -2.35. The van der Waals surface area contributed by atoms with Crippen molar-refractivity contribution in [3.8, 4) is 0 Å². The molecule has 0 aliphatic rings. The van der Waals surface area contributed by atoms with Gasteiger partial charge in [0.1, 0.15) is 0 Å². The Labute approximate surface area is 179 Å². The summed E-state index contributed by atoms with van der Waals surface area (Å²) >= 11 is 16.6. The minimum absolute atomic E-state index is 0.00560. The second-order valence-corrected chi connectivity index (χ2v) is 7.73. The quantitative estimate of drug-likeness (QED) is 0.418. The van der Waals surface area contributed by atoms with Crippen molar-refractivity contribution in [2.24, 2.45) is 0 Å². The van der Waals surface area contributed by atoms with Gasteiger partial charge < -0.3 is 0 Å². The van der Waals surface area contributed by atoms with E-state index in [0.29, 0.717) is 27.8 Å². The number of fused-ring (bicyclic) bond motifs is 1. The fourth-order valence-corrected chi connectivity index (χ4v) is 3.79. The molecule has 0 saturated heterocycles. The smallest absolute Gasteiger partial charge is 0.272 e. The highest BCUT2D eigenvalue weighted by Crippen LogP contribution is 2.30. The van der Waals surface area contributed by atoms with Crippen LogP contribution in [0.15, 0.2) is 53.3 Å². The maximum Gasteiger partial charge on any atom is 0.272 e. The van der Waals surface area contributed by atoms with Gasteiger partial charge in [-0.15, -0.1) is 0 Å². The molecule has 29 heavy (non-hydrogen) atoms. The molecule has 4 nitrogen and oxygen atoms in total. The molecule has 1 atom stereocenters. The molecule has 0 aliphatic carbocycles. The molecule has 0 amide bonds. The third kappa shape index (κ3) is 3.77. The van der Waals surface area contributed by atoms with Crippen LogP contribution in [0.2, 0.25) is 10.0 Å². The summed E-state index contributed by atoms with van der Waals surface area (Å²) in [6.07, 6.45) is 0.403. The van der Waals surface area contributed by atoms with Crippen molar-refractivity contribution in [3.63, 3.8) is 0 Å². The van der Waals surface area contributed by atoms with Crippen LogP contribution in [0, 0.1) is 11.6 Å². The van der Waals surface area contributed by atoms with E-state index in [1.165, 1.54) is 22.7 Å². The first-order valence-electron chi connectivity index (χ1n) is 8.51. The number of aromatic nitrogens is 3. The normalized spacial score (nSPS) is 12.4. The number of thiol groups is 1. The van der Waals surface area contributed by atoms with E-state index in [4.69, 9.17) is 23.2 Å². The molecule has 148 valence electrons. The van der Waals surface area contributed by atoms with Gasteiger partial charge in [0.05, 0.1) is 21.0 Å². The highest BCUT2D eigenvalue weighted by Gasteiger charge is 2.20. The van der Waals surface area contributed by atoms with E-state index in [2.05, 4.69) is 22.7 Å². The van der Waals surface area contributed by atoms with Crippen LogP contribution in [-0.4, -0.2) is 14.6 Å². The highest BCUT2D eigenvalue weighted by molar-refractivity contribution is 7.80. The Bertz CT molecular complexity index is 1290. The Balaban J connectivity index is 1.73. The summed E-state index contributed by atoms with van der Waals surface area (Å²) in [6.45, 7) is 0. The Morgan fingerprint density at radius 1 is 1.14 bits per heavy atom. The van der Waals surface area contributed by atoms with Gasteiger partial charge in [0.2, 0.25) is 0 Å². The molecule has 1 N–H and O–H groups in total. The molecule has 2 aromatic heterocycles. The summed E-state index contributed by atoms with van der Waals surface area (Å²) in [5.41, 5.74) is 1.62. The number of H-pyrrole nitrogens is 1. The van der Waals surface area contributed by atoms with Gasteiger partial charge in [-0.1, -0.05) is 47.5 Å². The number of benzene rings is 2. The van der Waals surface area contributed by atoms with Crippen LogP contribution in [0.5, 0.6) is 0 Å². The molecule has 4 aromatic rings. The lowest BCUT2D eigenvalue weighted by Gasteiger charge is -2.11. The predicted molar refractivity (Wildman–Crippen MR) is 112 cm³/mol. The number of aromatic amines is 1. The van der Waals surface area contributed by atoms with Crippen molar-refractivity contribution in [3.05, 3.63) is 103 Å². The summed E-state index contributed by atoms with van der Waals surface area (Å²) in [6, 6.07) is 12.0. The second-order valence-electron chi connectivity index (χ2n) is 6.43. The Kier molecular flexibility index (Phi) is 5.38. The van der Waals surface area contributed by atoms with Gasteiger partial charge in [0.25, 0.3) is 5.56 Å². The maximum absolute atomic E-state index is 14.1. The van der Waals surface area contributed by atoms with E-state index in [0.717, 1.165) is 11.6 Å². The molecule has 2 heterocycles. The monoisotopic (exact) mass is 451 g/mol. The van der Waals surface area contributed by atoms with Crippen LogP contribution in [0.3, 0.4) is 0 Å². The zero-order chi connectivity index (χ0) is 20.7. The van der Waals surface area contributed by atoms with Crippen LogP contribution in [-0.2, 0) is 6.42 Å². The van der Waals surface area contributed by atoms with Crippen LogP contribution in [0.4, 0.5) is 8.78 Å². The van der Waals surface area contributed by atoms with Crippen molar-refractivity contribution in [1.29, 1.82) is 0 Å². The molecule has 0 radical (unpaired) electrons. The molecule has 9 heteroatoms. The van der Waals surface area contributed by atoms with Crippen molar-refractivity contribution in [2.45, 2.75) is 11.7 Å². The van der Waals surface area contributed by atoms with Crippen molar-refractivity contribution in [2.75, 3.05) is 0 Å². The van der Waals surface area contributed by atoms with Gasteiger partial charge in [0.15, 0.2) is 17.3 Å². The minimum atomic E-state index is -1.01. The fourth-order valence-electron chi connectivity index (χ4n) is 3.07. The van der Waals surface area contributed by atoms with Gasteiger partial charge in [-0.2, -0.15) is 12.6 Å². The lowest BCUT2D eigenvalue weighted by molar-refractivity contribution is 0.500. The van der Waals surface area contributed by atoms with E-state index in [1.807, 2.05) is 6.07 Å². The van der Waals surface area contributed by atoms with E-state index < -0.39 is 22.4 Å². The molecule has 0 fully saturated rings. The van der Waals surface area contributed by atoms with E-state index in [-0.39, 0.29) is 11.3 Å². The molecule has 1 unspecified atom stereocenters. The SMILES string of the molecule is O=c1cc(C(S)c2cccc(F)c2F)nc2cc(Cc3cccc(Cl)c3Cl)[nH]n12. The number of hydrogen-bond acceptors (Lipinski definition) is 3. The highest BCUT2D eigenvalue weighted by atomic mass is 35.5. The van der Waals surface area contributed by atoms with Gasteiger partial charge in [-0.25, -0.2) is 18.3 Å². The summed E-state index contributed by atoms with van der Waals surface area (Å²) in [5.74, 6) is -2.00. The Morgan fingerprint density at radius 3 is 2.69 bits per heavy atom. The largest absolute Gasteiger partial charge is 0.293 e. The summed E-state index contributed by atoms with van der Waals surface area (Å²) in [7, 11) is 0. The lowest BCUT2D eigenvalue weighted by atomic mass is 10.1. The first-order chi connectivity index (χ1) is 13.8. The summed E-state index contributed by atoms with van der Waals surface area (Å²) < 4.78 is 28.9. The number of halogens is 4. The van der Waals surface area contributed by atoms with Crippen molar-refractivity contribution < 1.29 is 8.78 Å². The fraction of sp³-hybridized carbons (Fsp3) is 0.100. The van der Waals surface area contributed by atoms with Gasteiger partial charge >= 0.3 is 0 Å². The molecule has 0 bridgehead atoms. The number of nitrogens with one attached hydrogen (secondary N) is 1. The third-order valence-corrected chi connectivity index (χ3v) is 5.89. The van der Waals surface area contributed by atoms with E-state index in [9.17, 15) is 13.6 Å². The average molecular weight is 452 g/mol. The molecule has 0 aliphatic heterocycles. The molecular weight excluding hydrogens is 439 g/mol. The lowest BCUT2D eigenvalue weighted by Crippen LogP contribution is -2.17. The van der Waals surface area contributed by atoms with Gasteiger partial charge in [-0.3, -0.25) is 9.89 Å². The number of nitrogens with zero attached hydrogens (tertiary/aromatic N) is 2. The van der Waals surface area contributed by atoms with Crippen molar-refractivity contribution in [1.82, 2.24) is 14.6 Å². The molecule has 2 aromatic carbocycles. The zero-order valence-corrected chi connectivity index (χ0v) is 17.1. The molecule has 4 rings (SSSR count). The van der Waals surface area contributed by atoms with Crippen LogP contribution >= 0.6 is 35.8 Å². The number of hydrogen-bond donors (Lipinski definition) is 2. The van der Waals surface area contributed by atoms with Crippen molar-refractivity contribution >= 4 is 41.5 Å². The minimum Gasteiger partial charge on any atom is -0.293 e. The molecule has 0 saturated carbocycles. The maximum atomic E-state index is 14.1. The van der Waals surface area contributed by atoms with E-state index in [1.54, 1.807) is 18.2 Å².